The number of fused-ring (bicyclic) bond motifs is 1. The van der Waals surface area contributed by atoms with Crippen molar-refractivity contribution in [3.8, 4) is 0 Å². The molecular formula is C18H14BrClN3O2-. The summed E-state index contributed by atoms with van der Waals surface area (Å²) < 4.78 is 0.585. The van der Waals surface area contributed by atoms with Gasteiger partial charge in [0.15, 0.2) is 0 Å². The van der Waals surface area contributed by atoms with Crippen LogP contribution in [0.1, 0.15) is 36.6 Å². The molecule has 5 nitrogen and oxygen atoms in total. The van der Waals surface area contributed by atoms with Crippen molar-refractivity contribution in [3.05, 3.63) is 67.8 Å². The predicted octanol–water partition coefficient (Wildman–Crippen LogP) is 5.13. The lowest BCUT2D eigenvalue weighted by molar-refractivity contribution is 0.240. The molecule has 0 radical (unpaired) electrons. The van der Waals surface area contributed by atoms with Crippen LogP contribution in [0.25, 0.3) is 0 Å². The van der Waals surface area contributed by atoms with E-state index in [1.165, 1.54) is 0 Å². The molecule has 0 saturated heterocycles. The fraction of sp³-hybridized carbons (Fsp3) is 0.222. The molecule has 0 saturated carbocycles. The van der Waals surface area contributed by atoms with E-state index in [4.69, 9.17) is 11.6 Å². The van der Waals surface area contributed by atoms with Crippen molar-refractivity contribution in [2.75, 3.05) is 0 Å². The molecule has 0 aromatic heterocycles. The average molecular weight is 420 g/mol. The van der Waals surface area contributed by atoms with E-state index in [2.05, 4.69) is 25.9 Å². The number of carbonyl (C=O) groups excluding carboxylic acids is 1. The molecule has 2 aromatic rings. The fourth-order valence-corrected chi connectivity index (χ4v) is 3.79. The number of hydroxylamine groups is 2. The zero-order valence-corrected chi connectivity index (χ0v) is 15.9. The molecule has 0 amide bonds. The minimum absolute atomic E-state index is 0.417. The Labute approximate surface area is 158 Å². The first-order valence-electron chi connectivity index (χ1n) is 7.64. The van der Waals surface area contributed by atoms with E-state index in [0.717, 1.165) is 10.6 Å². The van der Waals surface area contributed by atoms with Gasteiger partial charge in [0, 0.05) is 22.2 Å². The Morgan fingerprint density at radius 2 is 2.00 bits per heavy atom. The summed E-state index contributed by atoms with van der Waals surface area (Å²) in [6, 6.07) is 10.4. The number of rotatable bonds is 2. The molecule has 0 bridgehead atoms. The molecule has 0 aliphatic carbocycles. The molecule has 2 atom stereocenters. The molecule has 1 aliphatic heterocycles. The van der Waals surface area contributed by atoms with Gasteiger partial charge in [0.1, 0.15) is 0 Å². The van der Waals surface area contributed by atoms with Gasteiger partial charge in [-0.3, -0.25) is 4.99 Å². The van der Waals surface area contributed by atoms with E-state index < -0.39 is 12.2 Å². The van der Waals surface area contributed by atoms with Crippen LogP contribution < -0.4 is 0 Å². The highest BCUT2D eigenvalue weighted by Gasteiger charge is 2.27. The first-order valence-corrected chi connectivity index (χ1v) is 8.81. The highest BCUT2D eigenvalue weighted by atomic mass is 79.9. The van der Waals surface area contributed by atoms with Gasteiger partial charge in [0.2, 0.25) is 6.08 Å². The maximum absolute atomic E-state index is 12.6. The predicted molar refractivity (Wildman–Crippen MR) is 102 cm³/mol. The van der Waals surface area contributed by atoms with Crippen molar-refractivity contribution in [1.82, 2.24) is 5.06 Å². The van der Waals surface area contributed by atoms with Crippen molar-refractivity contribution >= 4 is 45.0 Å². The van der Waals surface area contributed by atoms with Crippen molar-refractivity contribution in [2.45, 2.75) is 26.1 Å². The second-order valence-electron chi connectivity index (χ2n) is 5.69. The van der Waals surface area contributed by atoms with Crippen LogP contribution in [0.15, 0.2) is 50.9 Å². The van der Waals surface area contributed by atoms with Crippen LogP contribution in [-0.4, -0.2) is 23.0 Å². The Hall–Kier alpha value is -1.82. The number of benzene rings is 2. The summed E-state index contributed by atoms with van der Waals surface area (Å²) in [5.74, 6) is 0. The molecule has 128 valence electrons. The Morgan fingerprint density at radius 3 is 2.68 bits per heavy atom. The molecule has 1 aliphatic rings. The first kappa shape index (κ1) is 18.0. The lowest BCUT2D eigenvalue weighted by atomic mass is 9.93. The topological polar surface area (TPSA) is 68.1 Å². The minimum Gasteiger partial charge on any atom is -0.783 e. The molecule has 2 unspecified atom stereocenters. The summed E-state index contributed by atoms with van der Waals surface area (Å²) in [4.78, 5) is 19.1. The lowest BCUT2D eigenvalue weighted by Crippen LogP contribution is -2.27. The number of hydrogen-bond acceptors (Lipinski definition) is 5. The van der Waals surface area contributed by atoms with Crippen molar-refractivity contribution in [3.63, 3.8) is 0 Å². The van der Waals surface area contributed by atoms with Gasteiger partial charge in [-0.05, 0) is 47.5 Å². The van der Waals surface area contributed by atoms with Gasteiger partial charge in [-0.1, -0.05) is 35.9 Å². The van der Waals surface area contributed by atoms with Crippen LogP contribution in [-0.2, 0) is 4.79 Å². The zero-order valence-electron chi connectivity index (χ0n) is 13.5. The molecule has 25 heavy (non-hydrogen) atoms. The summed E-state index contributed by atoms with van der Waals surface area (Å²) >= 11 is 9.89. The van der Waals surface area contributed by atoms with Crippen molar-refractivity contribution in [1.29, 1.82) is 0 Å². The third-order valence-electron chi connectivity index (χ3n) is 4.20. The lowest BCUT2D eigenvalue weighted by Gasteiger charge is -2.37. The van der Waals surface area contributed by atoms with Gasteiger partial charge < -0.3 is 10.3 Å². The summed E-state index contributed by atoms with van der Waals surface area (Å²) in [5, 5.41) is 14.0. The number of nitrogens with zero attached hydrogens (tertiary/aromatic N) is 3. The Kier molecular flexibility index (Phi) is 5.18. The standard InChI is InChI=1S/C18H14BrClN3O2/c1-10-12-7-8-15(21-9-24)17(19)16(12)18(22-11(2)23(10)25)13-5-3-4-6-14(13)20/h3-8,10-11H,1-2H3/q-1. The third-order valence-corrected chi connectivity index (χ3v) is 5.33. The van der Waals surface area contributed by atoms with Crippen molar-refractivity contribution in [2.24, 2.45) is 9.98 Å². The van der Waals surface area contributed by atoms with E-state index in [1.807, 2.05) is 25.1 Å². The second-order valence-corrected chi connectivity index (χ2v) is 6.89. The maximum atomic E-state index is 12.6. The Balaban J connectivity index is 2.37. The molecule has 0 spiro atoms. The molecular weight excluding hydrogens is 406 g/mol. The normalized spacial score (nSPS) is 20.3. The van der Waals surface area contributed by atoms with E-state index >= 15 is 0 Å². The van der Waals surface area contributed by atoms with Crippen LogP contribution in [0.5, 0.6) is 0 Å². The number of isocyanates is 1. The molecule has 7 heteroatoms. The summed E-state index contributed by atoms with van der Waals surface area (Å²) in [5.41, 5.74) is 3.23. The molecule has 0 fully saturated rings. The number of hydrogen-bond donors (Lipinski definition) is 0. The Morgan fingerprint density at radius 1 is 1.28 bits per heavy atom. The van der Waals surface area contributed by atoms with Gasteiger partial charge >= 0.3 is 0 Å². The van der Waals surface area contributed by atoms with Crippen LogP contribution in [0.2, 0.25) is 5.02 Å². The van der Waals surface area contributed by atoms with Gasteiger partial charge in [0.25, 0.3) is 0 Å². The van der Waals surface area contributed by atoms with Crippen LogP contribution >= 0.6 is 27.5 Å². The van der Waals surface area contributed by atoms with Gasteiger partial charge in [-0.2, -0.15) is 4.99 Å². The summed E-state index contributed by atoms with van der Waals surface area (Å²) in [6.45, 7) is 3.56. The summed E-state index contributed by atoms with van der Waals surface area (Å²) in [6.07, 6.45) is 0.964. The fourth-order valence-electron chi connectivity index (χ4n) is 2.93. The zero-order chi connectivity index (χ0) is 18.1. The monoisotopic (exact) mass is 418 g/mol. The third kappa shape index (κ3) is 3.19. The smallest absolute Gasteiger partial charge is 0.240 e. The maximum Gasteiger partial charge on any atom is 0.240 e. The van der Waals surface area contributed by atoms with E-state index in [0.29, 0.717) is 32.0 Å². The number of halogens is 2. The van der Waals surface area contributed by atoms with Crippen LogP contribution in [0, 0.1) is 5.21 Å². The van der Waals surface area contributed by atoms with Gasteiger partial charge in [-0.25, -0.2) is 4.79 Å². The molecule has 2 aromatic carbocycles. The number of aliphatic imine (C=N–C) groups is 2. The SMILES string of the molecule is CC1N=C(c2ccccc2Cl)c2c(ccc(N=C=O)c2Br)C(C)N1[O-]. The largest absolute Gasteiger partial charge is 0.783 e. The second kappa shape index (κ2) is 7.20. The summed E-state index contributed by atoms with van der Waals surface area (Å²) in [7, 11) is 0. The van der Waals surface area contributed by atoms with E-state index in [-0.39, 0.29) is 0 Å². The minimum atomic E-state index is -0.585. The van der Waals surface area contributed by atoms with E-state index in [1.54, 1.807) is 31.2 Å². The molecule has 3 rings (SSSR count). The van der Waals surface area contributed by atoms with Gasteiger partial charge in [-0.15, -0.1) is 0 Å². The quantitative estimate of drug-likeness (QED) is 0.501. The highest BCUT2D eigenvalue weighted by Crippen LogP contribution is 2.40. The first-order chi connectivity index (χ1) is 12.0. The molecule has 1 heterocycles. The highest BCUT2D eigenvalue weighted by molar-refractivity contribution is 9.10. The van der Waals surface area contributed by atoms with E-state index in [9.17, 15) is 10.0 Å². The van der Waals surface area contributed by atoms with Crippen LogP contribution in [0.3, 0.4) is 0 Å². The van der Waals surface area contributed by atoms with Crippen molar-refractivity contribution < 1.29 is 4.79 Å². The van der Waals surface area contributed by atoms with Crippen LogP contribution in [0.4, 0.5) is 5.69 Å². The van der Waals surface area contributed by atoms with Gasteiger partial charge in [0.05, 0.1) is 22.0 Å². The average Bonchev–Trinajstić information content (AvgIpc) is 2.69. The molecule has 0 N–H and O–H groups in total. The Bertz CT molecular complexity index is 909.